The zero-order valence-electron chi connectivity index (χ0n) is 14.2. The van der Waals surface area contributed by atoms with Crippen LogP contribution in [0.25, 0.3) is 0 Å². The van der Waals surface area contributed by atoms with E-state index < -0.39 is 0 Å². The summed E-state index contributed by atoms with van der Waals surface area (Å²) in [5, 5.41) is 3.08. The van der Waals surface area contributed by atoms with Crippen molar-refractivity contribution in [3.8, 4) is 0 Å². The molecule has 1 aliphatic heterocycles. The normalized spacial score (nSPS) is 15.3. The van der Waals surface area contributed by atoms with Gasteiger partial charge in [-0.05, 0) is 44.2 Å². The monoisotopic (exact) mass is 325 g/mol. The maximum absolute atomic E-state index is 12.4. The molecule has 1 aliphatic rings. The topological polar surface area (TPSA) is 71.0 Å². The molecule has 1 N–H and O–H groups in total. The molecule has 24 heavy (non-hydrogen) atoms. The Morgan fingerprint density at radius 2 is 2.12 bits per heavy atom. The van der Waals surface area contributed by atoms with Gasteiger partial charge < -0.3 is 10.2 Å². The van der Waals surface area contributed by atoms with Crippen LogP contribution in [0.5, 0.6) is 0 Å². The number of likely N-dealkylation sites (tertiary alicyclic amines) is 1. The maximum Gasteiger partial charge on any atom is 0.255 e. The lowest BCUT2D eigenvalue weighted by Crippen LogP contribution is -2.39. The zero-order chi connectivity index (χ0) is 16.9. The van der Waals surface area contributed by atoms with Gasteiger partial charge in [0.15, 0.2) is 0 Å². The van der Waals surface area contributed by atoms with Crippen molar-refractivity contribution in [3.63, 3.8) is 0 Å². The third kappa shape index (κ3) is 3.88. The van der Waals surface area contributed by atoms with Crippen molar-refractivity contribution in [2.24, 2.45) is 5.92 Å². The molecule has 2 aromatic heterocycles. The van der Waals surface area contributed by atoms with E-state index in [1.807, 2.05) is 31.0 Å². The smallest absolute Gasteiger partial charge is 0.255 e. The van der Waals surface area contributed by atoms with E-state index in [2.05, 4.69) is 20.3 Å². The molecule has 0 aromatic carbocycles. The molecule has 1 amide bonds. The largest absolute Gasteiger partial charge is 0.373 e. The highest BCUT2D eigenvalue weighted by atomic mass is 16.2. The highest BCUT2D eigenvalue weighted by molar-refractivity contribution is 5.93. The predicted molar refractivity (Wildman–Crippen MR) is 92.9 cm³/mol. The lowest BCUT2D eigenvalue weighted by molar-refractivity contribution is 0.0690. The van der Waals surface area contributed by atoms with Crippen molar-refractivity contribution in [2.75, 3.05) is 25.5 Å². The molecule has 0 aliphatic carbocycles. The van der Waals surface area contributed by atoms with Gasteiger partial charge in [0, 0.05) is 44.3 Å². The fraction of sp³-hybridized carbons (Fsp3) is 0.444. The summed E-state index contributed by atoms with van der Waals surface area (Å²) in [4.78, 5) is 27.3. The van der Waals surface area contributed by atoms with Gasteiger partial charge in [-0.25, -0.2) is 9.97 Å². The number of hydrogen-bond donors (Lipinski definition) is 1. The van der Waals surface area contributed by atoms with Crippen molar-refractivity contribution in [1.29, 1.82) is 0 Å². The minimum absolute atomic E-state index is 0.0805. The minimum Gasteiger partial charge on any atom is -0.373 e. The predicted octanol–water partition coefficient (Wildman–Crippen LogP) is 2.32. The molecule has 1 fully saturated rings. The second kappa shape index (κ2) is 7.38. The molecule has 0 radical (unpaired) electrons. The summed E-state index contributed by atoms with van der Waals surface area (Å²) in [6.45, 7) is 3.50. The van der Waals surface area contributed by atoms with Crippen LogP contribution in [0, 0.1) is 12.8 Å². The standard InChI is InChI=1S/C18H23N5O/c1-13-21-16(11-17(19-2)22-13)10-14-5-8-23(9-6-14)18(24)15-4-3-7-20-12-15/h3-4,7,11-12,14H,5-6,8-10H2,1-2H3,(H,19,21,22). The number of carbonyl (C=O) groups excluding carboxylic acids is 1. The molecule has 6 nitrogen and oxygen atoms in total. The van der Waals surface area contributed by atoms with Crippen LogP contribution in [-0.2, 0) is 6.42 Å². The SMILES string of the molecule is CNc1cc(CC2CCN(C(=O)c3cccnc3)CC2)nc(C)n1. The van der Waals surface area contributed by atoms with Crippen molar-refractivity contribution in [3.05, 3.63) is 47.7 Å². The number of carbonyl (C=O) groups is 1. The first-order chi connectivity index (χ1) is 11.7. The lowest BCUT2D eigenvalue weighted by atomic mass is 9.91. The molecule has 126 valence electrons. The van der Waals surface area contributed by atoms with Gasteiger partial charge in [-0.3, -0.25) is 9.78 Å². The summed E-state index contributed by atoms with van der Waals surface area (Å²) in [6.07, 6.45) is 6.27. The van der Waals surface area contributed by atoms with Gasteiger partial charge >= 0.3 is 0 Å². The Morgan fingerprint density at radius 1 is 1.33 bits per heavy atom. The summed E-state index contributed by atoms with van der Waals surface area (Å²) in [6, 6.07) is 5.64. The van der Waals surface area contributed by atoms with Gasteiger partial charge in [-0.15, -0.1) is 0 Å². The van der Waals surface area contributed by atoms with Gasteiger partial charge in [0.1, 0.15) is 11.6 Å². The Balaban J connectivity index is 1.57. The highest BCUT2D eigenvalue weighted by Gasteiger charge is 2.24. The number of hydrogen-bond acceptors (Lipinski definition) is 5. The number of piperidine rings is 1. The van der Waals surface area contributed by atoms with Gasteiger partial charge in [-0.1, -0.05) is 0 Å². The third-order valence-electron chi connectivity index (χ3n) is 4.46. The molecule has 3 rings (SSSR count). The molecule has 0 bridgehead atoms. The zero-order valence-corrected chi connectivity index (χ0v) is 14.2. The van der Waals surface area contributed by atoms with E-state index in [-0.39, 0.29) is 5.91 Å². The van der Waals surface area contributed by atoms with Gasteiger partial charge in [0.25, 0.3) is 5.91 Å². The highest BCUT2D eigenvalue weighted by Crippen LogP contribution is 2.23. The van der Waals surface area contributed by atoms with E-state index >= 15 is 0 Å². The fourth-order valence-electron chi connectivity index (χ4n) is 3.17. The average molecular weight is 325 g/mol. The Labute approximate surface area is 142 Å². The van der Waals surface area contributed by atoms with Gasteiger partial charge in [-0.2, -0.15) is 0 Å². The van der Waals surface area contributed by atoms with Crippen molar-refractivity contribution >= 4 is 11.7 Å². The Morgan fingerprint density at radius 3 is 2.79 bits per heavy atom. The van der Waals surface area contributed by atoms with Gasteiger partial charge in [0.2, 0.25) is 0 Å². The van der Waals surface area contributed by atoms with Crippen LogP contribution in [-0.4, -0.2) is 45.9 Å². The number of nitrogens with zero attached hydrogens (tertiary/aromatic N) is 4. The molecular weight excluding hydrogens is 302 g/mol. The third-order valence-corrected chi connectivity index (χ3v) is 4.46. The summed E-state index contributed by atoms with van der Waals surface area (Å²) < 4.78 is 0. The van der Waals surface area contributed by atoms with E-state index in [1.54, 1.807) is 18.5 Å². The Kier molecular flexibility index (Phi) is 5.03. The summed E-state index contributed by atoms with van der Waals surface area (Å²) >= 11 is 0. The quantitative estimate of drug-likeness (QED) is 0.934. The summed E-state index contributed by atoms with van der Waals surface area (Å²) in [5.74, 6) is 2.29. The maximum atomic E-state index is 12.4. The first kappa shape index (κ1) is 16.4. The molecule has 1 saturated heterocycles. The van der Waals surface area contributed by atoms with E-state index in [9.17, 15) is 4.79 Å². The lowest BCUT2D eigenvalue weighted by Gasteiger charge is -2.32. The second-order valence-electron chi connectivity index (χ2n) is 6.22. The van der Waals surface area contributed by atoms with E-state index in [0.717, 1.165) is 49.7 Å². The van der Waals surface area contributed by atoms with E-state index in [0.29, 0.717) is 11.5 Å². The molecule has 0 saturated carbocycles. The van der Waals surface area contributed by atoms with Crippen LogP contribution in [0.15, 0.2) is 30.6 Å². The molecule has 0 unspecified atom stereocenters. The molecular formula is C18H23N5O. The van der Waals surface area contributed by atoms with Crippen molar-refractivity contribution in [1.82, 2.24) is 19.9 Å². The number of aromatic nitrogens is 3. The molecule has 3 heterocycles. The fourth-order valence-corrected chi connectivity index (χ4v) is 3.17. The van der Waals surface area contributed by atoms with Crippen LogP contribution < -0.4 is 5.32 Å². The van der Waals surface area contributed by atoms with Crippen LogP contribution in [0.3, 0.4) is 0 Å². The Hall–Kier alpha value is -2.50. The number of pyridine rings is 1. The van der Waals surface area contributed by atoms with Crippen LogP contribution in [0.2, 0.25) is 0 Å². The van der Waals surface area contributed by atoms with Crippen molar-refractivity contribution < 1.29 is 4.79 Å². The molecule has 0 atom stereocenters. The Bertz CT molecular complexity index is 696. The summed E-state index contributed by atoms with van der Waals surface area (Å²) in [5.41, 5.74) is 1.74. The molecule has 6 heteroatoms. The van der Waals surface area contributed by atoms with Gasteiger partial charge in [0.05, 0.1) is 5.56 Å². The number of rotatable bonds is 4. The number of amides is 1. The number of aryl methyl sites for hydroxylation is 1. The van der Waals surface area contributed by atoms with E-state index in [1.165, 1.54) is 0 Å². The van der Waals surface area contributed by atoms with Crippen LogP contribution in [0.1, 0.15) is 34.7 Å². The summed E-state index contributed by atoms with van der Waals surface area (Å²) in [7, 11) is 1.87. The molecule has 2 aromatic rings. The number of nitrogens with one attached hydrogen (secondary N) is 1. The number of anilines is 1. The first-order valence-electron chi connectivity index (χ1n) is 8.37. The van der Waals surface area contributed by atoms with E-state index in [4.69, 9.17) is 0 Å². The first-order valence-corrected chi connectivity index (χ1v) is 8.37. The van der Waals surface area contributed by atoms with Crippen LogP contribution in [0.4, 0.5) is 5.82 Å². The second-order valence-corrected chi connectivity index (χ2v) is 6.22. The average Bonchev–Trinajstić information content (AvgIpc) is 2.62. The van der Waals surface area contributed by atoms with Crippen molar-refractivity contribution in [2.45, 2.75) is 26.2 Å². The van der Waals surface area contributed by atoms with Crippen LogP contribution >= 0.6 is 0 Å². The minimum atomic E-state index is 0.0805. The molecule has 0 spiro atoms.